The average molecular weight is 430 g/mol. The number of thiophene rings is 1. The van der Waals surface area contributed by atoms with E-state index in [4.69, 9.17) is 11.6 Å². The molecule has 1 aromatic heterocycles. The molecular weight excluding hydrogens is 412 g/mol. The highest BCUT2D eigenvalue weighted by Gasteiger charge is 2.20. The molecule has 4 nitrogen and oxygen atoms in total. The molecule has 2 aromatic rings. The fourth-order valence-electron chi connectivity index (χ4n) is 2.28. The number of nitrogens with one attached hydrogen (secondary N) is 1. The Kier molecular flexibility index (Phi) is 6.83. The van der Waals surface area contributed by atoms with Crippen LogP contribution in [0.25, 0.3) is 0 Å². The third kappa shape index (κ3) is 5.61. The van der Waals surface area contributed by atoms with E-state index < -0.39 is 0 Å². The highest BCUT2D eigenvalue weighted by molar-refractivity contribution is 9.11. The molecule has 2 amide bonds. The molecule has 24 heavy (non-hydrogen) atoms. The van der Waals surface area contributed by atoms with Crippen LogP contribution in [-0.2, 0) is 16.1 Å². The predicted molar refractivity (Wildman–Crippen MR) is 101 cm³/mol. The molecule has 1 atom stereocenters. The van der Waals surface area contributed by atoms with Crippen molar-refractivity contribution in [2.75, 3.05) is 7.05 Å². The van der Waals surface area contributed by atoms with E-state index in [-0.39, 0.29) is 24.3 Å². The van der Waals surface area contributed by atoms with Crippen LogP contribution >= 0.6 is 38.9 Å². The van der Waals surface area contributed by atoms with Gasteiger partial charge in [-0.1, -0.05) is 23.7 Å². The highest BCUT2D eigenvalue weighted by Crippen LogP contribution is 2.24. The zero-order chi connectivity index (χ0) is 17.7. The summed E-state index contributed by atoms with van der Waals surface area (Å²) in [6, 6.07) is 10.7. The van der Waals surface area contributed by atoms with Crippen molar-refractivity contribution in [2.24, 2.45) is 0 Å². The zero-order valence-corrected chi connectivity index (χ0v) is 16.5. The van der Waals surface area contributed by atoms with Crippen LogP contribution in [0.5, 0.6) is 0 Å². The van der Waals surface area contributed by atoms with Crippen molar-refractivity contribution in [2.45, 2.75) is 25.9 Å². The first kappa shape index (κ1) is 19.0. The van der Waals surface area contributed by atoms with Crippen molar-refractivity contribution in [3.05, 3.63) is 55.6 Å². The van der Waals surface area contributed by atoms with Crippen molar-refractivity contribution in [1.29, 1.82) is 0 Å². The Balaban J connectivity index is 2.05. The second-order valence-electron chi connectivity index (χ2n) is 5.46. The van der Waals surface area contributed by atoms with E-state index >= 15 is 0 Å². The lowest BCUT2D eigenvalue weighted by Gasteiger charge is -2.22. The van der Waals surface area contributed by atoms with Gasteiger partial charge >= 0.3 is 0 Å². The maximum Gasteiger partial charge on any atom is 0.225 e. The van der Waals surface area contributed by atoms with Gasteiger partial charge in [-0.2, -0.15) is 0 Å². The zero-order valence-electron chi connectivity index (χ0n) is 13.4. The third-order valence-corrected chi connectivity index (χ3v) is 5.34. The standard InChI is InChI=1S/C17H18BrClN2O2S/c1-11(22)20-15(12-3-5-13(19)6-4-12)9-17(23)21(2)10-14-7-8-16(18)24-14/h3-8,15H,9-10H2,1-2H3,(H,20,22). The van der Waals surface area contributed by atoms with Crippen LogP contribution in [0.4, 0.5) is 0 Å². The van der Waals surface area contributed by atoms with Crippen LogP contribution in [0.1, 0.15) is 29.8 Å². The average Bonchev–Trinajstić information content (AvgIpc) is 2.92. The minimum Gasteiger partial charge on any atom is -0.349 e. The van der Waals surface area contributed by atoms with Crippen LogP contribution in [-0.4, -0.2) is 23.8 Å². The summed E-state index contributed by atoms with van der Waals surface area (Å²) in [4.78, 5) is 26.8. The second kappa shape index (κ2) is 8.65. The molecule has 0 bridgehead atoms. The maximum atomic E-state index is 12.5. The van der Waals surface area contributed by atoms with E-state index in [0.29, 0.717) is 11.6 Å². The number of carbonyl (C=O) groups is 2. The van der Waals surface area contributed by atoms with Gasteiger partial charge in [0.1, 0.15) is 0 Å². The number of amides is 2. The van der Waals surface area contributed by atoms with Crippen molar-refractivity contribution in [3.63, 3.8) is 0 Å². The van der Waals surface area contributed by atoms with E-state index in [1.54, 1.807) is 35.4 Å². The Morgan fingerprint density at radius 3 is 2.46 bits per heavy atom. The molecule has 1 N–H and O–H groups in total. The minimum atomic E-state index is -0.371. The molecule has 0 aliphatic heterocycles. The van der Waals surface area contributed by atoms with Gasteiger partial charge in [0.25, 0.3) is 0 Å². The molecule has 1 unspecified atom stereocenters. The number of hydrogen-bond donors (Lipinski definition) is 1. The number of rotatable bonds is 6. The molecule has 0 fully saturated rings. The third-order valence-electron chi connectivity index (χ3n) is 3.48. The maximum absolute atomic E-state index is 12.5. The summed E-state index contributed by atoms with van der Waals surface area (Å²) in [6.45, 7) is 1.99. The summed E-state index contributed by atoms with van der Waals surface area (Å²) in [6.07, 6.45) is 0.199. The Morgan fingerprint density at radius 2 is 1.92 bits per heavy atom. The van der Waals surface area contributed by atoms with Gasteiger partial charge in [0, 0.05) is 23.9 Å². The van der Waals surface area contributed by atoms with Gasteiger partial charge in [0.15, 0.2) is 0 Å². The van der Waals surface area contributed by atoms with Crippen LogP contribution in [0.3, 0.4) is 0 Å². The van der Waals surface area contributed by atoms with Crippen molar-refractivity contribution in [1.82, 2.24) is 10.2 Å². The Labute approximate surface area is 158 Å². The fourth-order valence-corrected chi connectivity index (χ4v) is 3.94. The first-order valence-electron chi connectivity index (χ1n) is 7.36. The van der Waals surface area contributed by atoms with Gasteiger partial charge in [-0.05, 0) is 45.8 Å². The largest absolute Gasteiger partial charge is 0.349 e. The Bertz CT molecular complexity index is 718. The first-order valence-corrected chi connectivity index (χ1v) is 9.34. The fraction of sp³-hybridized carbons (Fsp3) is 0.294. The quantitative estimate of drug-likeness (QED) is 0.740. The van der Waals surface area contributed by atoms with Crippen LogP contribution in [0.2, 0.25) is 5.02 Å². The number of nitrogens with zero attached hydrogens (tertiary/aromatic N) is 1. The van der Waals surface area contributed by atoms with Gasteiger partial charge in [-0.25, -0.2) is 0 Å². The number of benzene rings is 1. The molecule has 0 saturated heterocycles. The van der Waals surface area contributed by atoms with E-state index in [0.717, 1.165) is 14.2 Å². The molecule has 0 aliphatic rings. The summed E-state index contributed by atoms with van der Waals surface area (Å²) in [5, 5.41) is 3.45. The predicted octanol–water partition coefficient (Wildman–Crippen LogP) is 4.39. The molecule has 0 spiro atoms. The summed E-state index contributed by atoms with van der Waals surface area (Å²) in [5.41, 5.74) is 0.857. The number of carbonyl (C=O) groups excluding carboxylic acids is 2. The summed E-state index contributed by atoms with van der Waals surface area (Å²) in [5.74, 6) is -0.208. The SMILES string of the molecule is CC(=O)NC(CC(=O)N(C)Cc1ccc(Br)s1)c1ccc(Cl)cc1. The van der Waals surface area contributed by atoms with E-state index in [9.17, 15) is 9.59 Å². The Hall–Kier alpha value is -1.37. The second-order valence-corrected chi connectivity index (χ2v) is 8.45. The number of halogens is 2. The molecule has 2 rings (SSSR count). The van der Waals surface area contributed by atoms with Crippen molar-refractivity contribution in [3.8, 4) is 0 Å². The molecule has 0 aliphatic carbocycles. The van der Waals surface area contributed by atoms with Gasteiger partial charge in [-0.3, -0.25) is 9.59 Å². The van der Waals surface area contributed by atoms with E-state index in [2.05, 4.69) is 21.2 Å². The van der Waals surface area contributed by atoms with E-state index in [1.807, 2.05) is 24.3 Å². The smallest absolute Gasteiger partial charge is 0.225 e. The van der Waals surface area contributed by atoms with E-state index in [1.165, 1.54) is 6.92 Å². The molecule has 1 heterocycles. The molecule has 0 radical (unpaired) electrons. The summed E-state index contributed by atoms with van der Waals surface area (Å²) in [7, 11) is 1.77. The normalized spacial score (nSPS) is 11.8. The monoisotopic (exact) mass is 428 g/mol. The lowest BCUT2D eigenvalue weighted by molar-refractivity contribution is -0.131. The van der Waals surface area contributed by atoms with Crippen LogP contribution in [0, 0.1) is 0 Å². The number of hydrogen-bond acceptors (Lipinski definition) is 3. The van der Waals surface area contributed by atoms with Crippen molar-refractivity contribution >= 4 is 50.7 Å². The minimum absolute atomic E-state index is 0.0341. The Morgan fingerprint density at radius 1 is 1.25 bits per heavy atom. The van der Waals surface area contributed by atoms with Gasteiger partial charge in [0.05, 0.1) is 22.8 Å². The summed E-state index contributed by atoms with van der Waals surface area (Å²) >= 11 is 10.9. The highest BCUT2D eigenvalue weighted by atomic mass is 79.9. The lowest BCUT2D eigenvalue weighted by atomic mass is 10.0. The molecule has 7 heteroatoms. The van der Waals surface area contributed by atoms with Crippen LogP contribution < -0.4 is 5.32 Å². The van der Waals surface area contributed by atoms with Crippen LogP contribution in [0.15, 0.2) is 40.2 Å². The van der Waals surface area contributed by atoms with Gasteiger partial charge < -0.3 is 10.2 Å². The first-order chi connectivity index (χ1) is 11.3. The molecule has 0 saturated carbocycles. The summed E-state index contributed by atoms with van der Waals surface area (Å²) < 4.78 is 1.04. The molecule has 1 aromatic carbocycles. The molecular formula is C17H18BrClN2O2S. The topological polar surface area (TPSA) is 49.4 Å². The molecule has 128 valence electrons. The van der Waals surface area contributed by atoms with Gasteiger partial charge in [0.2, 0.25) is 11.8 Å². The van der Waals surface area contributed by atoms with Crippen molar-refractivity contribution < 1.29 is 9.59 Å². The lowest BCUT2D eigenvalue weighted by Crippen LogP contribution is -2.33. The van der Waals surface area contributed by atoms with Gasteiger partial charge in [-0.15, -0.1) is 11.3 Å².